The summed E-state index contributed by atoms with van der Waals surface area (Å²) in [4.78, 5) is 20.0. The second-order valence-electron chi connectivity index (χ2n) is 4.23. The van der Waals surface area contributed by atoms with Crippen molar-refractivity contribution in [1.82, 2.24) is 5.48 Å². The number of hydrogen-bond donors (Lipinski definition) is 4. The molecule has 0 heterocycles. The van der Waals surface area contributed by atoms with E-state index in [4.69, 9.17) is 21.4 Å². The summed E-state index contributed by atoms with van der Waals surface area (Å²) in [6, 6.07) is 8.70. The molecular weight excluding hydrogens is 260 g/mol. The van der Waals surface area contributed by atoms with Crippen LogP contribution in [0.25, 0.3) is 0 Å². The number of hydrogen-bond acceptors (Lipinski definition) is 4. The van der Waals surface area contributed by atoms with E-state index in [-0.39, 0.29) is 5.96 Å². The SMILES string of the molecule is NC(N)=NCCC[C@H](NOCc1ccccc1)C(=O)O. The first-order valence-electron chi connectivity index (χ1n) is 6.29. The Hall–Kier alpha value is -2.12. The number of carboxylic acid groups (broad SMARTS) is 1. The van der Waals surface area contributed by atoms with E-state index in [0.29, 0.717) is 26.0 Å². The fourth-order valence-corrected chi connectivity index (χ4v) is 1.54. The van der Waals surface area contributed by atoms with Gasteiger partial charge in [-0.1, -0.05) is 30.3 Å². The maximum atomic E-state index is 11.0. The van der Waals surface area contributed by atoms with Crippen LogP contribution in [0, 0.1) is 0 Å². The monoisotopic (exact) mass is 280 g/mol. The third-order valence-corrected chi connectivity index (χ3v) is 2.55. The topological polar surface area (TPSA) is 123 Å². The molecular formula is C13H20N4O3. The average Bonchev–Trinajstić information content (AvgIpc) is 2.42. The van der Waals surface area contributed by atoms with Crippen molar-refractivity contribution < 1.29 is 14.7 Å². The molecule has 1 atom stereocenters. The van der Waals surface area contributed by atoms with Crippen molar-refractivity contribution in [2.75, 3.05) is 6.54 Å². The van der Waals surface area contributed by atoms with Crippen molar-refractivity contribution in [3.63, 3.8) is 0 Å². The van der Waals surface area contributed by atoms with Crippen LogP contribution in [-0.4, -0.2) is 29.6 Å². The Morgan fingerprint density at radius 1 is 1.35 bits per heavy atom. The maximum absolute atomic E-state index is 11.0. The minimum atomic E-state index is -0.970. The van der Waals surface area contributed by atoms with Gasteiger partial charge < -0.3 is 16.6 Å². The summed E-state index contributed by atoms with van der Waals surface area (Å²) >= 11 is 0. The number of rotatable bonds is 9. The molecule has 6 N–H and O–H groups in total. The van der Waals surface area contributed by atoms with Crippen LogP contribution in [0.5, 0.6) is 0 Å². The number of benzene rings is 1. The Labute approximate surface area is 117 Å². The Bertz CT molecular complexity index is 433. The van der Waals surface area contributed by atoms with Crippen molar-refractivity contribution >= 4 is 11.9 Å². The average molecular weight is 280 g/mol. The van der Waals surface area contributed by atoms with Crippen molar-refractivity contribution in [2.24, 2.45) is 16.5 Å². The third kappa shape index (κ3) is 6.72. The van der Waals surface area contributed by atoms with Gasteiger partial charge in [-0.25, -0.2) is 0 Å². The molecule has 20 heavy (non-hydrogen) atoms. The van der Waals surface area contributed by atoms with Crippen molar-refractivity contribution in [2.45, 2.75) is 25.5 Å². The second-order valence-corrected chi connectivity index (χ2v) is 4.23. The number of nitrogens with two attached hydrogens (primary N) is 2. The highest BCUT2D eigenvalue weighted by atomic mass is 16.6. The first-order valence-corrected chi connectivity index (χ1v) is 6.29. The molecule has 0 aromatic heterocycles. The molecule has 0 saturated heterocycles. The minimum absolute atomic E-state index is 0.00478. The van der Waals surface area contributed by atoms with Crippen LogP contribution >= 0.6 is 0 Å². The molecule has 110 valence electrons. The molecule has 1 aromatic carbocycles. The Balaban J connectivity index is 2.28. The molecule has 0 radical (unpaired) electrons. The molecule has 0 aliphatic carbocycles. The van der Waals surface area contributed by atoms with E-state index in [1.807, 2.05) is 30.3 Å². The highest BCUT2D eigenvalue weighted by molar-refractivity contribution is 5.75. The standard InChI is InChI=1S/C13H20N4O3/c14-13(15)16-8-4-7-11(12(18)19)17-20-9-10-5-2-1-3-6-10/h1-3,5-6,11,17H,4,7-9H2,(H,18,19)(H4,14,15,16)/t11-/m0/s1. The summed E-state index contributed by atoms with van der Waals surface area (Å²) in [7, 11) is 0. The van der Waals surface area contributed by atoms with E-state index in [9.17, 15) is 4.79 Å². The summed E-state index contributed by atoms with van der Waals surface area (Å²) in [5.74, 6) is -0.965. The largest absolute Gasteiger partial charge is 0.480 e. The number of guanidine groups is 1. The van der Waals surface area contributed by atoms with Crippen LogP contribution in [0.3, 0.4) is 0 Å². The van der Waals surface area contributed by atoms with E-state index < -0.39 is 12.0 Å². The zero-order chi connectivity index (χ0) is 14.8. The summed E-state index contributed by atoms with van der Waals surface area (Å²) < 4.78 is 0. The van der Waals surface area contributed by atoms with Crippen LogP contribution in [0.1, 0.15) is 18.4 Å². The van der Waals surface area contributed by atoms with Crippen molar-refractivity contribution in [3.8, 4) is 0 Å². The van der Waals surface area contributed by atoms with Crippen LogP contribution in [0.4, 0.5) is 0 Å². The van der Waals surface area contributed by atoms with Gasteiger partial charge in [-0.05, 0) is 18.4 Å². The predicted molar refractivity (Wildman–Crippen MR) is 75.7 cm³/mol. The zero-order valence-electron chi connectivity index (χ0n) is 11.2. The number of nitrogens with one attached hydrogen (secondary N) is 1. The van der Waals surface area contributed by atoms with E-state index in [2.05, 4.69) is 10.5 Å². The summed E-state index contributed by atoms with van der Waals surface area (Å²) in [6.07, 6.45) is 0.928. The molecule has 0 unspecified atom stereocenters. The van der Waals surface area contributed by atoms with Crippen LogP contribution in [0.2, 0.25) is 0 Å². The fourth-order valence-electron chi connectivity index (χ4n) is 1.54. The number of nitrogens with zero attached hydrogens (tertiary/aromatic N) is 1. The second kappa shape index (κ2) is 8.89. The Morgan fingerprint density at radius 2 is 2.05 bits per heavy atom. The molecule has 0 spiro atoms. The predicted octanol–water partition coefficient (Wildman–Crippen LogP) is 0.215. The molecule has 7 heteroatoms. The molecule has 0 saturated carbocycles. The third-order valence-electron chi connectivity index (χ3n) is 2.55. The molecule has 0 fully saturated rings. The van der Waals surface area contributed by atoms with Crippen LogP contribution in [0.15, 0.2) is 35.3 Å². The van der Waals surface area contributed by atoms with Crippen LogP contribution < -0.4 is 16.9 Å². The summed E-state index contributed by atoms with van der Waals surface area (Å²) in [6.45, 7) is 0.699. The minimum Gasteiger partial charge on any atom is -0.480 e. The number of carbonyl (C=O) groups is 1. The van der Waals surface area contributed by atoms with Gasteiger partial charge in [0.1, 0.15) is 6.04 Å². The molecule has 1 rings (SSSR count). The molecule has 0 aliphatic rings. The van der Waals surface area contributed by atoms with E-state index in [1.165, 1.54) is 0 Å². The Kier molecular flexibility index (Phi) is 7.08. The van der Waals surface area contributed by atoms with E-state index >= 15 is 0 Å². The van der Waals surface area contributed by atoms with Gasteiger partial charge in [-0.15, -0.1) is 0 Å². The molecule has 7 nitrogen and oxygen atoms in total. The lowest BCUT2D eigenvalue weighted by Crippen LogP contribution is -2.36. The highest BCUT2D eigenvalue weighted by Crippen LogP contribution is 2.02. The van der Waals surface area contributed by atoms with Gasteiger partial charge in [0.15, 0.2) is 5.96 Å². The first kappa shape index (κ1) is 15.9. The van der Waals surface area contributed by atoms with Gasteiger partial charge in [0.25, 0.3) is 0 Å². The van der Waals surface area contributed by atoms with E-state index in [1.54, 1.807) is 0 Å². The molecule has 0 bridgehead atoms. The highest BCUT2D eigenvalue weighted by Gasteiger charge is 2.16. The number of hydroxylamine groups is 1. The first-order chi connectivity index (χ1) is 9.59. The van der Waals surface area contributed by atoms with Gasteiger partial charge in [0, 0.05) is 6.54 Å². The quantitative estimate of drug-likeness (QED) is 0.222. The number of carboxylic acids is 1. The Morgan fingerprint density at radius 3 is 2.65 bits per heavy atom. The lowest BCUT2D eigenvalue weighted by atomic mass is 10.2. The van der Waals surface area contributed by atoms with Crippen molar-refractivity contribution in [1.29, 1.82) is 0 Å². The van der Waals surface area contributed by atoms with Crippen LogP contribution in [-0.2, 0) is 16.2 Å². The fraction of sp³-hybridized carbons (Fsp3) is 0.385. The van der Waals surface area contributed by atoms with Gasteiger partial charge in [-0.3, -0.25) is 14.6 Å². The normalized spacial score (nSPS) is 11.8. The molecule has 0 aliphatic heterocycles. The molecule has 0 amide bonds. The lowest BCUT2D eigenvalue weighted by molar-refractivity contribution is -0.144. The number of aliphatic imine (C=N–C) groups is 1. The maximum Gasteiger partial charge on any atom is 0.323 e. The van der Waals surface area contributed by atoms with Crippen molar-refractivity contribution in [3.05, 3.63) is 35.9 Å². The summed E-state index contributed by atoms with van der Waals surface area (Å²) in [5, 5.41) is 9.05. The summed E-state index contributed by atoms with van der Waals surface area (Å²) in [5.41, 5.74) is 13.9. The smallest absolute Gasteiger partial charge is 0.323 e. The van der Waals surface area contributed by atoms with Gasteiger partial charge >= 0.3 is 5.97 Å². The zero-order valence-corrected chi connectivity index (χ0v) is 11.2. The number of aliphatic carboxylic acids is 1. The van der Waals surface area contributed by atoms with Gasteiger partial charge in [0.2, 0.25) is 0 Å². The van der Waals surface area contributed by atoms with Gasteiger partial charge in [-0.2, -0.15) is 5.48 Å². The molecule has 1 aromatic rings. The van der Waals surface area contributed by atoms with Gasteiger partial charge in [0.05, 0.1) is 6.61 Å². The lowest BCUT2D eigenvalue weighted by Gasteiger charge is -2.13. The van der Waals surface area contributed by atoms with E-state index in [0.717, 1.165) is 5.56 Å².